The van der Waals surface area contributed by atoms with E-state index in [0.29, 0.717) is 0 Å². The molecule has 2 N–H and O–H groups in total. The van der Waals surface area contributed by atoms with E-state index in [9.17, 15) is 14.3 Å². The van der Waals surface area contributed by atoms with Crippen molar-refractivity contribution in [3.8, 4) is 5.75 Å². The molecule has 0 bridgehead atoms. The second-order valence-electron chi connectivity index (χ2n) is 3.64. The van der Waals surface area contributed by atoms with Crippen LogP contribution in [0.3, 0.4) is 0 Å². The zero-order valence-electron chi connectivity index (χ0n) is 10.5. The molecule has 0 heterocycles. The SMILES string of the molecule is CCOC(=O)C(C)NP(=O)(O)Oc1ccccc1Cl. The van der Waals surface area contributed by atoms with Gasteiger partial charge in [-0.2, -0.15) is 5.09 Å². The molecule has 0 saturated carbocycles. The maximum atomic E-state index is 11.8. The Balaban J connectivity index is 2.69. The third-order valence-corrected chi connectivity index (χ3v) is 3.53. The summed E-state index contributed by atoms with van der Waals surface area (Å²) in [4.78, 5) is 21.0. The van der Waals surface area contributed by atoms with E-state index in [4.69, 9.17) is 20.9 Å². The number of rotatable bonds is 6. The van der Waals surface area contributed by atoms with Gasteiger partial charge < -0.3 is 14.2 Å². The molecule has 6 nitrogen and oxygen atoms in total. The van der Waals surface area contributed by atoms with Crippen LogP contribution in [0.1, 0.15) is 13.8 Å². The van der Waals surface area contributed by atoms with Crippen molar-refractivity contribution in [2.45, 2.75) is 19.9 Å². The molecule has 8 heteroatoms. The van der Waals surface area contributed by atoms with Crippen LogP contribution in [0.5, 0.6) is 5.75 Å². The van der Waals surface area contributed by atoms with E-state index < -0.39 is 19.8 Å². The molecular formula is C11H15ClNO5P. The Hall–Kier alpha value is -1.07. The summed E-state index contributed by atoms with van der Waals surface area (Å²) in [5.74, 6) is -0.585. The van der Waals surface area contributed by atoms with E-state index in [-0.39, 0.29) is 17.4 Å². The first-order valence-electron chi connectivity index (χ1n) is 5.57. The van der Waals surface area contributed by atoms with E-state index in [2.05, 4.69) is 5.09 Å². The van der Waals surface area contributed by atoms with Crippen LogP contribution in [0.4, 0.5) is 0 Å². The summed E-state index contributed by atoms with van der Waals surface area (Å²) in [6, 6.07) is 5.26. The Morgan fingerprint density at radius 1 is 1.53 bits per heavy atom. The highest BCUT2D eigenvalue weighted by molar-refractivity contribution is 7.51. The molecule has 1 aromatic carbocycles. The molecule has 0 aliphatic rings. The molecule has 0 fully saturated rings. The average Bonchev–Trinajstić information content (AvgIpc) is 2.31. The van der Waals surface area contributed by atoms with Crippen LogP contribution in [0, 0.1) is 0 Å². The van der Waals surface area contributed by atoms with Gasteiger partial charge in [-0.3, -0.25) is 4.79 Å². The van der Waals surface area contributed by atoms with Crippen molar-refractivity contribution in [3.63, 3.8) is 0 Å². The summed E-state index contributed by atoms with van der Waals surface area (Å²) in [5.41, 5.74) is 0. The lowest BCUT2D eigenvalue weighted by Gasteiger charge is -2.18. The van der Waals surface area contributed by atoms with Gasteiger partial charge in [0, 0.05) is 0 Å². The molecule has 0 amide bonds. The van der Waals surface area contributed by atoms with E-state index in [1.807, 2.05) is 0 Å². The summed E-state index contributed by atoms with van der Waals surface area (Å²) < 4.78 is 21.4. The average molecular weight is 308 g/mol. The molecule has 19 heavy (non-hydrogen) atoms. The van der Waals surface area contributed by atoms with E-state index in [1.54, 1.807) is 19.1 Å². The van der Waals surface area contributed by atoms with Crippen LogP contribution in [-0.2, 0) is 14.1 Å². The molecule has 0 aromatic heterocycles. The van der Waals surface area contributed by atoms with Gasteiger partial charge in [0.05, 0.1) is 11.6 Å². The number of hydrogen-bond acceptors (Lipinski definition) is 4. The Bertz CT molecular complexity index is 496. The number of hydrogen-bond donors (Lipinski definition) is 2. The van der Waals surface area contributed by atoms with E-state index in [0.717, 1.165) is 0 Å². The van der Waals surface area contributed by atoms with Gasteiger partial charge in [0.2, 0.25) is 0 Å². The van der Waals surface area contributed by atoms with Crippen LogP contribution in [0.2, 0.25) is 5.02 Å². The fourth-order valence-electron chi connectivity index (χ4n) is 1.24. The van der Waals surface area contributed by atoms with Crippen molar-refractivity contribution < 1.29 is 23.5 Å². The number of benzene rings is 1. The monoisotopic (exact) mass is 307 g/mol. The van der Waals surface area contributed by atoms with Gasteiger partial charge >= 0.3 is 13.7 Å². The molecule has 2 unspecified atom stereocenters. The van der Waals surface area contributed by atoms with E-state index in [1.165, 1.54) is 19.1 Å². The molecule has 0 radical (unpaired) electrons. The second-order valence-corrected chi connectivity index (χ2v) is 5.53. The quantitative estimate of drug-likeness (QED) is 0.620. The number of carbonyl (C=O) groups is 1. The van der Waals surface area contributed by atoms with Crippen LogP contribution in [0.15, 0.2) is 24.3 Å². The van der Waals surface area contributed by atoms with E-state index >= 15 is 0 Å². The first-order chi connectivity index (χ1) is 8.85. The topological polar surface area (TPSA) is 84.9 Å². The normalized spacial score (nSPS) is 15.4. The number of para-hydroxylation sites is 1. The van der Waals surface area contributed by atoms with Crippen LogP contribution in [-0.4, -0.2) is 23.5 Å². The van der Waals surface area contributed by atoms with Crippen molar-refractivity contribution >= 4 is 25.3 Å². The Morgan fingerprint density at radius 2 is 2.16 bits per heavy atom. The first kappa shape index (κ1) is 16.0. The fraction of sp³-hybridized carbons (Fsp3) is 0.364. The number of nitrogens with one attached hydrogen (secondary N) is 1. The molecule has 106 valence electrons. The highest BCUT2D eigenvalue weighted by Gasteiger charge is 2.28. The molecule has 2 atom stereocenters. The number of esters is 1. The highest BCUT2D eigenvalue weighted by atomic mass is 35.5. The second kappa shape index (κ2) is 6.91. The largest absolute Gasteiger partial charge is 0.465 e. The van der Waals surface area contributed by atoms with Crippen molar-refractivity contribution in [1.82, 2.24) is 5.09 Å². The third-order valence-electron chi connectivity index (χ3n) is 2.06. The lowest BCUT2D eigenvalue weighted by molar-refractivity contribution is -0.144. The lowest BCUT2D eigenvalue weighted by Crippen LogP contribution is -2.34. The fourth-order valence-corrected chi connectivity index (χ4v) is 2.54. The Morgan fingerprint density at radius 3 is 2.74 bits per heavy atom. The van der Waals surface area contributed by atoms with Crippen molar-refractivity contribution in [2.75, 3.05) is 6.61 Å². The van der Waals surface area contributed by atoms with Crippen LogP contribution < -0.4 is 9.61 Å². The lowest BCUT2D eigenvalue weighted by atomic mass is 10.3. The summed E-state index contributed by atoms with van der Waals surface area (Å²) in [6.07, 6.45) is 0. The van der Waals surface area contributed by atoms with Gasteiger partial charge in [-0.05, 0) is 26.0 Å². The summed E-state index contributed by atoms with van der Waals surface area (Å²) in [6.45, 7) is 3.23. The van der Waals surface area contributed by atoms with Gasteiger partial charge in [-0.15, -0.1) is 0 Å². The van der Waals surface area contributed by atoms with Crippen molar-refractivity contribution in [3.05, 3.63) is 29.3 Å². The van der Waals surface area contributed by atoms with Gasteiger partial charge in [-0.25, -0.2) is 4.57 Å². The molecule has 1 aromatic rings. The number of ether oxygens (including phenoxy) is 1. The maximum Gasteiger partial charge on any atom is 0.456 e. The zero-order valence-corrected chi connectivity index (χ0v) is 12.1. The minimum absolute atomic E-state index is 0.0542. The summed E-state index contributed by atoms with van der Waals surface area (Å²) in [5, 5.41) is 2.37. The molecule has 0 spiro atoms. The number of halogens is 1. The predicted octanol–water partition coefficient (Wildman–Crippen LogP) is 2.36. The minimum atomic E-state index is -4.21. The first-order valence-corrected chi connectivity index (χ1v) is 7.52. The number of carbonyl (C=O) groups excluding carboxylic acids is 1. The standard InChI is InChI=1S/C11H15ClNO5P/c1-3-17-11(14)8(2)13-19(15,16)18-10-7-5-4-6-9(10)12/h4-8H,3H2,1-2H3,(H2,13,15,16). The molecule has 0 aliphatic carbocycles. The van der Waals surface area contributed by atoms with Gasteiger partial charge in [0.15, 0.2) is 0 Å². The smallest absolute Gasteiger partial charge is 0.456 e. The molecule has 0 aliphatic heterocycles. The highest BCUT2D eigenvalue weighted by Crippen LogP contribution is 2.41. The van der Waals surface area contributed by atoms with Gasteiger partial charge in [0.25, 0.3) is 0 Å². The Kier molecular flexibility index (Phi) is 5.82. The predicted molar refractivity (Wildman–Crippen MR) is 71.1 cm³/mol. The van der Waals surface area contributed by atoms with Crippen molar-refractivity contribution in [2.24, 2.45) is 0 Å². The molecule has 0 saturated heterocycles. The van der Waals surface area contributed by atoms with Crippen molar-refractivity contribution in [1.29, 1.82) is 0 Å². The maximum absolute atomic E-state index is 11.8. The Labute approximate surface area is 116 Å². The van der Waals surface area contributed by atoms with Crippen LogP contribution in [0.25, 0.3) is 0 Å². The zero-order chi connectivity index (χ0) is 14.5. The third kappa shape index (κ3) is 5.20. The van der Waals surface area contributed by atoms with Gasteiger partial charge in [0.1, 0.15) is 11.8 Å². The molecular weight excluding hydrogens is 293 g/mol. The van der Waals surface area contributed by atoms with Crippen LogP contribution >= 0.6 is 19.3 Å². The minimum Gasteiger partial charge on any atom is -0.465 e. The van der Waals surface area contributed by atoms with Gasteiger partial charge in [-0.1, -0.05) is 23.7 Å². The summed E-state index contributed by atoms with van der Waals surface area (Å²) >= 11 is 5.80. The molecule has 1 rings (SSSR count). The summed E-state index contributed by atoms with van der Waals surface area (Å²) in [7, 11) is -4.21.